The number of nitrogens with one attached hydrogen (secondary N) is 1. The highest BCUT2D eigenvalue weighted by atomic mass is 79.9. The summed E-state index contributed by atoms with van der Waals surface area (Å²) in [5.41, 5.74) is 6.73. The summed E-state index contributed by atoms with van der Waals surface area (Å²) in [6, 6.07) is 5.43. The Hall–Kier alpha value is -1.07. The first-order valence-electron chi connectivity index (χ1n) is 5.49. The highest BCUT2D eigenvalue weighted by Gasteiger charge is 2.10. The van der Waals surface area contributed by atoms with Crippen molar-refractivity contribution in [1.82, 2.24) is 5.32 Å². The summed E-state index contributed by atoms with van der Waals surface area (Å²) in [4.78, 5) is 11.3. The van der Waals surface area contributed by atoms with Crippen molar-refractivity contribution in [2.75, 3.05) is 13.2 Å². The minimum Gasteiger partial charge on any atom is -0.483 e. The highest BCUT2D eigenvalue weighted by Crippen LogP contribution is 2.27. The first kappa shape index (κ1) is 14.0. The van der Waals surface area contributed by atoms with E-state index in [0.29, 0.717) is 12.3 Å². The lowest BCUT2D eigenvalue weighted by molar-refractivity contribution is -0.123. The number of carbonyl (C=O) groups excluding carboxylic acids is 1. The van der Waals surface area contributed by atoms with Crippen molar-refractivity contribution >= 4 is 21.8 Å². The Balaban J connectivity index is 2.73. The van der Waals surface area contributed by atoms with Crippen LogP contribution in [0.2, 0.25) is 0 Å². The molecule has 0 bridgehead atoms. The van der Waals surface area contributed by atoms with E-state index in [1.807, 2.05) is 32.0 Å². The number of halogens is 1. The summed E-state index contributed by atoms with van der Waals surface area (Å²) in [5.74, 6) is 0.514. The Morgan fingerprint density at radius 3 is 2.88 bits per heavy atom. The summed E-state index contributed by atoms with van der Waals surface area (Å²) in [6.07, 6.45) is 0. The van der Waals surface area contributed by atoms with E-state index in [2.05, 4.69) is 21.2 Å². The predicted molar refractivity (Wildman–Crippen MR) is 70.9 cm³/mol. The summed E-state index contributed by atoms with van der Waals surface area (Å²) >= 11 is 3.38. The topological polar surface area (TPSA) is 64.3 Å². The molecule has 0 aliphatic carbocycles. The van der Waals surface area contributed by atoms with Crippen LogP contribution in [0.3, 0.4) is 0 Å². The molecule has 0 aliphatic heterocycles. The third-order valence-electron chi connectivity index (χ3n) is 2.20. The molecule has 0 heterocycles. The summed E-state index contributed by atoms with van der Waals surface area (Å²) in [7, 11) is 0. The van der Waals surface area contributed by atoms with E-state index in [1.54, 1.807) is 0 Å². The van der Waals surface area contributed by atoms with Gasteiger partial charge in [0.05, 0.1) is 0 Å². The number of benzene rings is 1. The Morgan fingerprint density at radius 1 is 1.59 bits per heavy atom. The van der Waals surface area contributed by atoms with Crippen molar-refractivity contribution in [3.8, 4) is 5.75 Å². The van der Waals surface area contributed by atoms with Crippen LogP contribution in [-0.4, -0.2) is 19.1 Å². The molecular weight excluding hydrogens is 284 g/mol. The summed E-state index contributed by atoms with van der Waals surface area (Å²) in [6.45, 7) is 4.35. The monoisotopic (exact) mass is 300 g/mol. The molecule has 94 valence electrons. The molecule has 0 aliphatic rings. The number of hydrogen-bond donors (Lipinski definition) is 2. The van der Waals surface area contributed by atoms with Gasteiger partial charge >= 0.3 is 0 Å². The van der Waals surface area contributed by atoms with Crippen molar-refractivity contribution < 1.29 is 9.53 Å². The second-order valence-corrected chi connectivity index (χ2v) is 4.63. The molecule has 1 amide bonds. The van der Waals surface area contributed by atoms with E-state index < -0.39 is 0 Å². The molecular formula is C12H17BrN2O2. The maximum Gasteiger partial charge on any atom is 0.257 e. The average Bonchev–Trinajstić information content (AvgIpc) is 2.27. The van der Waals surface area contributed by atoms with Gasteiger partial charge in [-0.2, -0.15) is 0 Å². The minimum atomic E-state index is -0.142. The molecule has 17 heavy (non-hydrogen) atoms. The number of likely N-dealkylation sites (N-methyl/N-ethyl adjacent to an activating group) is 1. The van der Waals surface area contributed by atoms with Gasteiger partial charge in [0.1, 0.15) is 5.75 Å². The number of carbonyl (C=O) groups is 1. The lowest BCUT2D eigenvalue weighted by atomic mass is 10.1. The van der Waals surface area contributed by atoms with Crippen molar-refractivity contribution in [3.63, 3.8) is 0 Å². The van der Waals surface area contributed by atoms with E-state index in [4.69, 9.17) is 10.5 Å². The molecule has 5 heteroatoms. The average molecular weight is 301 g/mol. The normalized spacial score (nSPS) is 12.0. The van der Waals surface area contributed by atoms with Crippen LogP contribution in [-0.2, 0) is 4.79 Å². The molecule has 0 unspecified atom stereocenters. The maximum atomic E-state index is 11.3. The van der Waals surface area contributed by atoms with Crippen molar-refractivity contribution in [3.05, 3.63) is 28.2 Å². The van der Waals surface area contributed by atoms with Crippen LogP contribution >= 0.6 is 15.9 Å². The fourth-order valence-electron chi connectivity index (χ4n) is 1.40. The third kappa shape index (κ3) is 4.36. The van der Waals surface area contributed by atoms with Crippen molar-refractivity contribution in [2.45, 2.75) is 19.9 Å². The Kier molecular flexibility index (Phi) is 5.44. The molecule has 0 fully saturated rings. The molecule has 1 aromatic rings. The fourth-order valence-corrected chi connectivity index (χ4v) is 1.78. The second-order valence-electron chi connectivity index (χ2n) is 3.71. The molecule has 4 nitrogen and oxygen atoms in total. The van der Waals surface area contributed by atoms with Crippen LogP contribution in [0.15, 0.2) is 22.7 Å². The molecule has 1 atom stereocenters. The number of nitrogens with two attached hydrogens (primary N) is 1. The zero-order chi connectivity index (χ0) is 12.8. The number of hydrogen-bond acceptors (Lipinski definition) is 3. The standard InChI is InChI=1S/C12H17BrN2O2/c1-3-15-12(16)7-17-11-5-4-9(13)6-10(11)8(2)14/h4-6,8H,3,7,14H2,1-2H3,(H,15,16)/t8-/m0/s1. The Bertz CT molecular complexity index is 394. The Labute approximate surface area is 110 Å². The third-order valence-corrected chi connectivity index (χ3v) is 2.69. The highest BCUT2D eigenvalue weighted by molar-refractivity contribution is 9.10. The Morgan fingerprint density at radius 2 is 2.29 bits per heavy atom. The van der Waals surface area contributed by atoms with Gasteiger partial charge in [0.15, 0.2) is 6.61 Å². The lowest BCUT2D eigenvalue weighted by Gasteiger charge is -2.14. The minimum absolute atomic E-state index is 0.00912. The molecule has 0 saturated carbocycles. The smallest absolute Gasteiger partial charge is 0.257 e. The van der Waals surface area contributed by atoms with Gasteiger partial charge in [-0.05, 0) is 32.0 Å². The van der Waals surface area contributed by atoms with Crippen molar-refractivity contribution in [1.29, 1.82) is 0 Å². The lowest BCUT2D eigenvalue weighted by Crippen LogP contribution is -2.28. The number of ether oxygens (including phenoxy) is 1. The van der Waals surface area contributed by atoms with Gasteiger partial charge in [-0.15, -0.1) is 0 Å². The van der Waals surface area contributed by atoms with Crippen LogP contribution in [0.1, 0.15) is 25.5 Å². The zero-order valence-electron chi connectivity index (χ0n) is 10.00. The number of rotatable bonds is 5. The van der Waals surface area contributed by atoms with E-state index >= 15 is 0 Å². The van der Waals surface area contributed by atoms with Gasteiger partial charge in [-0.25, -0.2) is 0 Å². The summed E-state index contributed by atoms with van der Waals surface area (Å²) in [5, 5.41) is 2.67. The number of amides is 1. The van der Waals surface area contributed by atoms with Crippen LogP contribution in [0.4, 0.5) is 0 Å². The van der Waals surface area contributed by atoms with Gasteiger partial charge in [0.2, 0.25) is 0 Å². The summed E-state index contributed by atoms with van der Waals surface area (Å²) < 4.78 is 6.39. The largest absolute Gasteiger partial charge is 0.483 e. The van der Waals surface area contributed by atoms with E-state index in [1.165, 1.54) is 0 Å². The van der Waals surface area contributed by atoms with Crippen LogP contribution in [0.5, 0.6) is 5.75 Å². The second kappa shape index (κ2) is 6.61. The van der Waals surface area contributed by atoms with Crippen LogP contribution in [0.25, 0.3) is 0 Å². The molecule has 3 N–H and O–H groups in total. The quantitative estimate of drug-likeness (QED) is 0.874. The van der Waals surface area contributed by atoms with Crippen LogP contribution in [0, 0.1) is 0 Å². The van der Waals surface area contributed by atoms with Gasteiger partial charge < -0.3 is 15.8 Å². The van der Waals surface area contributed by atoms with Gasteiger partial charge in [0, 0.05) is 22.6 Å². The van der Waals surface area contributed by atoms with Gasteiger partial charge in [-0.1, -0.05) is 15.9 Å². The van der Waals surface area contributed by atoms with Crippen LogP contribution < -0.4 is 15.8 Å². The first-order valence-corrected chi connectivity index (χ1v) is 6.28. The zero-order valence-corrected chi connectivity index (χ0v) is 11.6. The molecule has 0 radical (unpaired) electrons. The molecule has 0 saturated heterocycles. The predicted octanol–water partition coefficient (Wildman–Crippen LogP) is 1.98. The first-order chi connectivity index (χ1) is 8.04. The van der Waals surface area contributed by atoms with E-state index in [0.717, 1.165) is 10.0 Å². The maximum absolute atomic E-state index is 11.3. The molecule has 0 spiro atoms. The van der Waals surface area contributed by atoms with Crippen molar-refractivity contribution in [2.24, 2.45) is 5.73 Å². The molecule has 0 aromatic heterocycles. The van der Waals surface area contributed by atoms with E-state index in [9.17, 15) is 4.79 Å². The molecule has 1 rings (SSSR count). The fraction of sp³-hybridized carbons (Fsp3) is 0.417. The van der Waals surface area contributed by atoms with E-state index in [-0.39, 0.29) is 18.6 Å². The molecule has 1 aromatic carbocycles. The van der Waals surface area contributed by atoms with Gasteiger partial charge in [0.25, 0.3) is 5.91 Å². The van der Waals surface area contributed by atoms with Gasteiger partial charge in [-0.3, -0.25) is 4.79 Å². The SMILES string of the molecule is CCNC(=O)COc1ccc(Br)cc1[C@H](C)N.